The lowest BCUT2D eigenvalue weighted by Gasteiger charge is -2.19. The van der Waals surface area contributed by atoms with Crippen molar-refractivity contribution in [3.8, 4) is 0 Å². The maximum Gasteiger partial charge on any atom is 0.124 e. The summed E-state index contributed by atoms with van der Waals surface area (Å²) < 4.78 is 13.1. The van der Waals surface area contributed by atoms with Crippen molar-refractivity contribution in [1.29, 1.82) is 0 Å². The van der Waals surface area contributed by atoms with Crippen molar-refractivity contribution in [2.75, 3.05) is 0 Å². The SMILES string of the molecule is CC1(C)C(C(Cc2ccc(F)cc2Cl)NN)C1(C)C. The van der Waals surface area contributed by atoms with Crippen molar-refractivity contribution in [2.24, 2.45) is 22.6 Å². The Labute approximate surface area is 119 Å². The normalized spacial score (nSPS) is 22.3. The second kappa shape index (κ2) is 4.72. The van der Waals surface area contributed by atoms with E-state index in [0.717, 1.165) is 5.56 Å². The number of nitrogens with one attached hydrogen (secondary N) is 1. The van der Waals surface area contributed by atoms with Crippen LogP contribution >= 0.6 is 11.6 Å². The minimum absolute atomic E-state index is 0.146. The van der Waals surface area contributed by atoms with Gasteiger partial charge in [0, 0.05) is 11.1 Å². The van der Waals surface area contributed by atoms with Crippen LogP contribution in [-0.2, 0) is 6.42 Å². The molecule has 1 atom stereocenters. The minimum atomic E-state index is -0.307. The number of hydrogen-bond acceptors (Lipinski definition) is 2. The van der Waals surface area contributed by atoms with Crippen LogP contribution in [-0.4, -0.2) is 6.04 Å². The lowest BCUT2D eigenvalue weighted by Crippen LogP contribution is -2.40. The molecule has 0 spiro atoms. The molecule has 3 N–H and O–H groups in total. The van der Waals surface area contributed by atoms with E-state index in [1.807, 2.05) is 0 Å². The molecule has 0 bridgehead atoms. The standard InChI is InChI=1S/C15H22ClFN2/c1-14(2)13(15(14,3)4)12(19-18)7-9-5-6-10(17)8-11(9)16/h5-6,8,12-13,19H,7,18H2,1-4H3. The first-order valence-corrected chi connectivity index (χ1v) is 6.99. The third-order valence-electron chi connectivity index (χ3n) is 5.20. The fraction of sp³-hybridized carbons (Fsp3) is 0.600. The monoisotopic (exact) mass is 284 g/mol. The van der Waals surface area contributed by atoms with Crippen LogP contribution in [0.2, 0.25) is 5.02 Å². The molecule has 0 saturated heterocycles. The van der Waals surface area contributed by atoms with Crippen LogP contribution in [0.1, 0.15) is 33.3 Å². The van der Waals surface area contributed by atoms with Crippen molar-refractivity contribution in [2.45, 2.75) is 40.2 Å². The van der Waals surface area contributed by atoms with Gasteiger partial charge < -0.3 is 0 Å². The third-order valence-corrected chi connectivity index (χ3v) is 5.56. The van der Waals surface area contributed by atoms with Crippen LogP contribution < -0.4 is 11.3 Å². The van der Waals surface area contributed by atoms with Crippen LogP contribution in [0, 0.1) is 22.6 Å². The average molecular weight is 285 g/mol. The number of halogens is 2. The van der Waals surface area contributed by atoms with Gasteiger partial charge in [0.25, 0.3) is 0 Å². The Balaban J connectivity index is 2.17. The minimum Gasteiger partial charge on any atom is -0.271 e. The molecule has 0 aromatic heterocycles. The van der Waals surface area contributed by atoms with Crippen LogP contribution in [0.15, 0.2) is 18.2 Å². The van der Waals surface area contributed by atoms with E-state index in [9.17, 15) is 4.39 Å². The number of nitrogens with two attached hydrogens (primary N) is 1. The molecule has 1 aliphatic rings. The summed E-state index contributed by atoms with van der Waals surface area (Å²) in [7, 11) is 0. The molecule has 1 aromatic carbocycles. The molecule has 0 amide bonds. The maximum absolute atomic E-state index is 13.1. The van der Waals surface area contributed by atoms with Gasteiger partial charge in [-0.25, -0.2) is 4.39 Å². The first kappa shape index (κ1) is 14.8. The van der Waals surface area contributed by atoms with Crippen molar-refractivity contribution in [3.05, 3.63) is 34.6 Å². The Morgan fingerprint density at radius 1 is 1.32 bits per heavy atom. The summed E-state index contributed by atoms with van der Waals surface area (Å²) in [4.78, 5) is 0. The zero-order chi connectivity index (χ0) is 14.4. The summed E-state index contributed by atoms with van der Waals surface area (Å²) >= 11 is 6.09. The summed E-state index contributed by atoms with van der Waals surface area (Å²) in [6.45, 7) is 9.03. The third kappa shape index (κ3) is 2.39. The highest BCUT2D eigenvalue weighted by atomic mass is 35.5. The summed E-state index contributed by atoms with van der Waals surface area (Å²) in [6, 6.07) is 4.68. The smallest absolute Gasteiger partial charge is 0.124 e. The predicted molar refractivity (Wildman–Crippen MR) is 77.3 cm³/mol. The lowest BCUT2D eigenvalue weighted by atomic mass is 9.97. The summed E-state index contributed by atoms with van der Waals surface area (Å²) in [5.74, 6) is 5.89. The highest BCUT2D eigenvalue weighted by Gasteiger charge is 2.66. The summed E-state index contributed by atoms with van der Waals surface area (Å²) in [5, 5.41) is 0.469. The molecule has 19 heavy (non-hydrogen) atoms. The molecule has 2 nitrogen and oxygen atoms in total. The Morgan fingerprint density at radius 2 is 1.89 bits per heavy atom. The van der Waals surface area contributed by atoms with E-state index in [0.29, 0.717) is 17.4 Å². The van der Waals surface area contributed by atoms with Crippen molar-refractivity contribution in [1.82, 2.24) is 5.43 Å². The van der Waals surface area contributed by atoms with Crippen LogP contribution in [0.3, 0.4) is 0 Å². The fourth-order valence-corrected chi connectivity index (χ4v) is 3.69. The Kier molecular flexibility index (Phi) is 3.67. The maximum atomic E-state index is 13.1. The van der Waals surface area contributed by atoms with Gasteiger partial charge in [-0.2, -0.15) is 0 Å². The van der Waals surface area contributed by atoms with Gasteiger partial charge in [0.15, 0.2) is 0 Å². The summed E-state index contributed by atoms with van der Waals surface area (Å²) in [6.07, 6.45) is 0.715. The highest BCUT2D eigenvalue weighted by molar-refractivity contribution is 6.31. The largest absolute Gasteiger partial charge is 0.271 e. The van der Waals surface area contributed by atoms with Gasteiger partial charge in [0.05, 0.1) is 0 Å². The molecule has 0 aliphatic heterocycles. The molecule has 1 fully saturated rings. The summed E-state index contributed by atoms with van der Waals surface area (Å²) in [5.41, 5.74) is 4.34. The van der Waals surface area contributed by atoms with Gasteiger partial charge in [0.2, 0.25) is 0 Å². The van der Waals surface area contributed by atoms with Crippen molar-refractivity contribution >= 4 is 11.6 Å². The van der Waals surface area contributed by atoms with Gasteiger partial charge in [-0.3, -0.25) is 11.3 Å². The average Bonchev–Trinajstić information content (AvgIpc) is 2.70. The molecule has 4 heteroatoms. The van der Waals surface area contributed by atoms with Gasteiger partial charge in [0.1, 0.15) is 5.82 Å². The van der Waals surface area contributed by atoms with E-state index in [2.05, 4.69) is 33.1 Å². The van der Waals surface area contributed by atoms with E-state index in [-0.39, 0.29) is 22.7 Å². The Hall–Kier alpha value is -0.640. The van der Waals surface area contributed by atoms with Crippen LogP contribution in [0.25, 0.3) is 0 Å². The number of benzene rings is 1. The van der Waals surface area contributed by atoms with Crippen LogP contribution in [0.5, 0.6) is 0 Å². The van der Waals surface area contributed by atoms with Gasteiger partial charge in [-0.05, 0) is 40.9 Å². The van der Waals surface area contributed by atoms with Crippen molar-refractivity contribution in [3.63, 3.8) is 0 Å². The fourth-order valence-electron chi connectivity index (χ4n) is 3.45. The number of hydrogen-bond donors (Lipinski definition) is 2. The molecule has 2 rings (SSSR count). The molecule has 1 saturated carbocycles. The van der Waals surface area contributed by atoms with E-state index in [4.69, 9.17) is 17.4 Å². The zero-order valence-corrected chi connectivity index (χ0v) is 12.7. The Morgan fingerprint density at radius 3 is 2.32 bits per heavy atom. The van der Waals surface area contributed by atoms with Crippen molar-refractivity contribution < 1.29 is 4.39 Å². The van der Waals surface area contributed by atoms with E-state index in [1.54, 1.807) is 6.07 Å². The van der Waals surface area contributed by atoms with Gasteiger partial charge in [-0.1, -0.05) is 45.4 Å². The topological polar surface area (TPSA) is 38.0 Å². The van der Waals surface area contributed by atoms with E-state index >= 15 is 0 Å². The van der Waals surface area contributed by atoms with Gasteiger partial charge in [-0.15, -0.1) is 0 Å². The molecular weight excluding hydrogens is 263 g/mol. The molecule has 1 aliphatic carbocycles. The molecular formula is C15H22ClFN2. The van der Waals surface area contributed by atoms with Gasteiger partial charge >= 0.3 is 0 Å². The first-order chi connectivity index (χ1) is 8.71. The second-order valence-electron chi connectivity index (χ2n) is 6.63. The second-order valence-corrected chi connectivity index (χ2v) is 7.04. The zero-order valence-electron chi connectivity index (χ0n) is 11.9. The number of rotatable bonds is 4. The number of hydrazine groups is 1. The van der Waals surface area contributed by atoms with Crippen LogP contribution in [0.4, 0.5) is 4.39 Å². The predicted octanol–water partition coefficient (Wildman–Crippen LogP) is 3.54. The quantitative estimate of drug-likeness (QED) is 0.656. The molecule has 1 unspecified atom stereocenters. The Bertz CT molecular complexity index is 471. The lowest BCUT2D eigenvalue weighted by molar-refractivity contribution is 0.402. The highest BCUT2D eigenvalue weighted by Crippen LogP contribution is 2.69. The molecule has 106 valence electrons. The molecule has 1 aromatic rings. The molecule has 0 heterocycles. The molecule has 0 radical (unpaired) electrons. The van der Waals surface area contributed by atoms with E-state index < -0.39 is 0 Å². The first-order valence-electron chi connectivity index (χ1n) is 6.62. The van der Waals surface area contributed by atoms with E-state index in [1.165, 1.54) is 12.1 Å².